The first-order valence-corrected chi connectivity index (χ1v) is 12.2. The van der Waals surface area contributed by atoms with Gasteiger partial charge in [-0.15, -0.1) is 0 Å². The van der Waals surface area contributed by atoms with Crippen molar-refractivity contribution >= 4 is 36.2 Å². The molecule has 0 aromatic heterocycles. The maximum Gasteiger partial charge on any atom is 0.408 e. The summed E-state index contributed by atoms with van der Waals surface area (Å²) in [5.74, 6) is -0.754. The van der Waals surface area contributed by atoms with E-state index in [-0.39, 0.29) is 11.7 Å². The average Bonchev–Trinajstić information content (AvgIpc) is 2.75. The number of nitrogens with one attached hydrogen (secondary N) is 2. The van der Waals surface area contributed by atoms with Crippen molar-refractivity contribution in [2.45, 2.75) is 66.2 Å². The quantitative estimate of drug-likeness (QED) is 0.474. The number of likely N-dealkylation sites (N-methyl/N-ethyl adjacent to an activating group) is 1. The van der Waals surface area contributed by atoms with Gasteiger partial charge in [0.25, 0.3) is 5.91 Å². The molecule has 0 spiro atoms. The number of hydrogen-bond acceptors (Lipinski definition) is 5. The van der Waals surface area contributed by atoms with Crippen LogP contribution >= 0.6 is 12.6 Å². The van der Waals surface area contributed by atoms with Crippen LogP contribution in [0.25, 0.3) is 0 Å². The SMILES string of the molecule is Cc1ccc(C)c(C(C(=O)Nc2c(C)cccc2C)N(C)C(=O)C(CS)NC(=O)OC(C)(C)C)c1. The van der Waals surface area contributed by atoms with Gasteiger partial charge in [-0.2, -0.15) is 12.6 Å². The van der Waals surface area contributed by atoms with Gasteiger partial charge in [0, 0.05) is 18.5 Å². The van der Waals surface area contributed by atoms with Crippen molar-refractivity contribution in [1.82, 2.24) is 10.2 Å². The zero-order chi connectivity index (χ0) is 26.5. The number of nitrogens with zero attached hydrogens (tertiary/aromatic N) is 1. The van der Waals surface area contributed by atoms with E-state index in [1.54, 1.807) is 27.8 Å². The Morgan fingerprint density at radius 2 is 1.60 bits per heavy atom. The molecule has 2 rings (SSSR count). The largest absolute Gasteiger partial charge is 0.444 e. The maximum absolute atomic E-state index is 13.7. The highest BCUT2D eigenvalue weighted by molar-refractivity contribution is 7.80. The summed E-state index contributed by atoms with van der Waals surface area (Å²) < 4.78 is 5.30. The summed E-state index contributed by atoms with van der Waals surface area (Å²) >= 11 is 4.27. The predicted octanol–water partition coefficient (Wildman–Crippen LogP) is 4.88. The number of carbonyl (C=O) groups excluding carboxylic acids is 3. The van der Waals surface area contributed by atoms with Gasteiger partial charge < -0.3 is 20.3 Å². The van der Waals surface area contributed by atoms with Gasteiger partial charge in [-0.3, -0.25) is 9.59 Å². The second-order valence-corrected chi connectivity index (χ2v) is 10.2. The van der Waals surface area contributed by atoms with Crippen molar-refractivity contribution in [3.63, 3.8) is 0 Å². The second kappa shape index (κ2) is 11.6. The number of benzene rings is 2. The molecule has 0 fully saturated rings. The number of ether oxygens (including phenoxy) is 1. The summed E-state index contributed by atoms with van der Waals surface area (Å²) in [7, 11) is 1.56. The molecule has 190 valence electrons. The van der Waals surface area contributed by atoms with E-state index >= 15 is 0 Å². The second-order valence-electron chi connectivity index (χ2n) is 9.85. The lowest BCUT2D eigenvalue weighted by Gasteiger charge is -2.32. The molecule has 0 heterocycles. The summed E-state index contributed by atoms with van der Waals surface area (Å²) in [4.78, 5) is 40.9. The summed E-state index contributed by atoms with van der Waals surface area (Å²) in [6, 6.07) is 9.67. The van der Waals surface area contributed by atoms with E-state index in [0.29, 0.717) is 11.3 Å². The van der Waals surface area contributed by atoms with Crippen LogP contribution in [0.5, 0.6) is 0 Å². The Hall–Kier alpha value is -3.00. The van der Waals surface area contributed by atoms with Gasteiger partial charge in [-0.25, -0.2) is 4.79 Å². The third kappa shape index (κ3) is 7.49. The highest BCUT2D eigenvalue weighted by Gasteiger charge is 2.34. The zero-order valence-corrected chi connectivity index (χ0v) is 22.7. The van der Waals surface area contributed by atoms with Crippen molar-refractivity contribution in [3.05, 3.63) is 64.2 Å². The van der Waals surface area contributed by atoms with Crippen LogP contribution in [0.4, 0.5) is 10.5 Å². The highest BCUT2D eigenvalue weighted by atomic mass is 32.1. The molecule has 0 aliphatic rings. The fourth-order valence-electron chi connectivity index (χ4n) is 3.79. The van der Waals surface area contributed by atoms with E-state index in [4.69, 9.17) is 4.74 Å². The van der Waals surface area contributed by atoms with E-state index < -0.39 is 29.7 Å². The van der Waals surface area contributed by atoms with Crippen molar-refractivity contribution in [2.75, 3.05) is 18.1 Å². The summed E-state index contributed by atoms with van der Waals surface area (Å²) in [5, 5.41) is 5.61. The lowest BCUT2D eigenvalue weighted by molar-refractivity contribution is -0.138. The van der Waals surface area contributed by atoms with Gasteiger partial charge in [0.2, 0.25) is 5.91 Å². The van der Waals surface area contributed by atoms with Gasteiger partial charge in [0.05, 0.1) is 0 Å². The fraction of sp³-hybridized carbons (Fsp3) is 0.444. The fourth-order valence-corrected chi connectivity index (χ4v) is 4.04. The standard InChI is InChI=1S/C27H37N3O4S/c1-16-12-13-17(2)20(14-16)23(24(31)29-22-18(3)10-9-11-19(22)4)30(8)25(32)21(15-35)28-26(33)34-27(5,6)7/h9-14,21,23,35H,15H2,1-8H3,(H,28,33)(H,29,31). The van der Waals surface area contributed by atoms with Gasteiger partial charge in [-0.05, 0) is 70.7 Å². The van der Waals surface area contributed by atoms with Gasteiger partial charge in [0.1, 0.15) is 17.7 Å². The Morgan fingerprint density at radius 3 is 2.14 bits per heavy atom. The molecular weight excluding hydrogens is 462 g/mol. The van der Waals surface area contributed by atoms with E-state index in [1.807, 2.05) is 64.1 Å². The van der Waals surface area contributed by atoms with Crippen LogP contribution in [-0.2, 0) is 14.3 Å². The number of aryl methyl sites for hydroxylation is 4. The number of para-hydroxylation sites is 1. The number of hydrogen-bond donors (Lipinski definition) is 3. The molecule has 2 atom stereocenters. The molecule has 8 heteroatoms. The van der Waals surface area contributed by atoms with Crippen LogP contribution in [0.2, 0.25) is 0 Å². The Bertz CT molecular complexity index is 1070. The number of alkyl carbamates (subject to hydrolysis) is 1. The van der Waals surface area contributed by atoms with Crippen LogP contribution in [-0.4, -0.2) is 47.3 Å². The molecule has 0 bridgehead atoms. The molecule has 0 saturated heterocycles. The monoisotopic (exact) mass is 499 g/mol. The van der Waals surface area contributed by atoms with Crippen molar-refractivity contribution in [3.8, 4) is 0 Å². The Balaban J connectivity index is 2.43. The van der Waals surface area contributed by atoms with Crippen molar-refractivity contribution < 1.29 is 19.1 Å². The van der Waals surface area contributed by atoms with Crippen LogP contribution in [0.15, 0.2) is 36.4 Å². The van der Waals surface area contributed by atoms with Gasteiger partial charge >= 0.3 is 6.09 Å². The zero-order valence-electron chi connectivity index (χ0n) is 21.9. The molecule has 2 aromatic carbocycles. The Labute approximate surface area is 214 Å². The number of carbonyl (C=O) groups is 3. The van der Waals surface area contributed by atoms with Crippen molar-refractivity contribution in [2.24, 2.45) is 0 Å². The molecule has 0 saturated carbocycles. The van der Waals surface area contributed by atoms with E-state index in [9.17, 15) is 14.4 Å². The minimum absolute atomic E-state index is 0.0421. The third-order valence-corrected chi connectivity index (χ3v) is 5.98. The minimum atomic E-state index is -0.973. The molecule has 2 aromatic rings. The number of anilines is 1. The highest BCUT2D eigenvalue weighted by Crippen LogP contribution is 2.28. The lowest BCUT2D eigenvalue weighted by Crippen LogP contribution is -2.52. The Kier molecular flexibility index (Phi) is 9.38. The molecule has 2 N–H and O–H groups in total. The molecule has 0 aliphatic carbocycles. The summed E-state index contributed by atoms with van der Waals surface area (Å²) in [6.07, 6.45) is -0.721. The number of rotatable bonds is 7. The molecule has 0 aliphatic heterocycles. The van der Waals surface area contributed by atoms with E-state index in [2.05, 4.69) is 23.3 Å². The maximum atomic E-state index is 13.7. The van der Waals surface area contributed by atoms with E-state index in [0.717, 1.165) is 22.3 Å². The van der Waals surface area contributed by atoms with Gasteiger partial charge in [0.15, 0.2) is 0 Å². The predicted molar refractivity (Wildman–Crippen MR) is 143 cm³/mol. The molecule has 35 heavy (non-hydrogen) atoms. The molecule has 3 amide bonds. The molecule has 7 nitrogen and oxygen atoms in total. The van der Waals surface area contributed by atoms with Crippen molar-refractivity contribution in [1.29, 1.82) is 0 Å². The average molecular weight is 500 g/mol. The van der Waals surface area contributed by atoms with Gasteiger partial charge in [-0.1, -0.05) is 42.0 Å². The first-order chi connectivity index (χ1) is 16.2. The molecule has 0 radical (unpaired) electrons. The third-order valence-electron chi connectivity index (χ3n) is 5.61. The lowest BCUT2D eigenvalue weighted by atomic mass is 9.96. The number of amides is 3. The van der Waals surface area contributed by atoms with Crippen LogP contribution < -0.4 is 10.6 Å². The summed E-state index contributed by atoms with van der Waals surface area (Å²) in [5.41, 5.74) is 4.39. The van der Waals surface area contributed by atoms with E-state index in [1.165, 1.54) is 4.90 Å². The van der Waals surface area contributed by atoms with Crippen LogP contribution in [0, 0.1) is 27.7 Å². The van der Waals surface area contributed by atoms with Crippen LogP contribution in [0.3, 0.4) is 0 Å². The first-order valence-electron chi connectivity index (χ1n) is 11.6. The Morgan fingerprint density at radius 1 is 1.00 bits per heavy atom. The number of thiol groups is 1. The topological polar surface area (TPSA) is 87.7 Å². The minimum Gasteiger partial charge on any atom is -0.444 e. The summed E-state index contributed by atoms with van der Waals surface area (Å²) in [6.45, 7) is 12.9. The normalized spacial score (nSPS) is 12.9. The first kappa shape index (κ1) is 28.2. The molecular formula is C27H37N3O4S. The molecule has 2 unspecified atom stereocenters. The van der Waals surface area contributed by atoms with Crippen LogP contribution in [0.1, 0.15) is 54.6 Å². The smallest absolute Gasteiger partial charge is 0.408 e.